The first-order chi connectivity index (χ1) is 20.3. The van der Waals surface area contributed by atoms with Crippen molar-refractivity contribution in [2.75, 3.05) is 0 Å². The quantitative estimate of drug-likeness (QED) is 0.0540. The molecule has 43 heavy (non-hydrogen) atoms. The predicted octanol–water partition coefficient (Wildman–Crippen LogP) is 7.93. The molecule has 2 unspecified atom stereocenters. The van der Waals surface area contributed by atoms with Crippen LogP contribution in [0.4, 0.5) is 0 Å². The maximum atomic E-state index is 10.2. The van der Waals surface area contributed by atoms with Crippen molar-refractivity contribution in [2.45, 2.75) is 219 Å². The molecule has 2 atom stereocenters. The Balaban J connectivity index is -0.000000727. The summed E-state index contributed by atoms with van der Waals surface area (Å²) in [6.45, 7) is 4.50. The summed E-state index contributed by atoms with van der Waals surface area (Å²) in [4.78, 5) is 20.5. The van der Waals surface area contributed by atoms with E-state index in [1.54, 1.807) is 0 Å². The van der Waals surface area contributed by atoms with E-state index in [0.717, 1.165) is 25.7 Å². The van der Waals surface area contributed by atoms with Crippen LogP contribution in [0.3, 0.4) is 0 Å². The van der Waals surface area contributed by atoms with Gasteiger partial charge in [0.1, 0.15) is 0 Å². The number of carbonyl (C=O) groups excluding carboxylic acids is 2. The first-order valence-corrected chi connectivity index (χ1v) is 18.1. The molecular formula is C36H70CdO6. The molecule has 0 heterocycles. The Morgan fingerprint density at radius 3 is 0.860 bits per heavy atom. The summed E-state index contributed by atoms with van der Waals surface area (Å²) >= 11 is 0. The molecule has 252 valence electrons. The third-order valence-corrected chi connectivity index (χ3v) is 8.12. The Bertz CT molecular complexity index is 512. The van der Waals surface area contributed by atoms with Crippen LogP contribution in [0.2, 0.25) is 0 Å². The molecule has 0 saturated carbocycles. The second-order valence-corrected chi connectivity index (χ2v) is 12.5. The fourth-order valence-corrected chi connectivity index (χ4v) is 5.34. The van der Waals surface area contributed by atoms with Crippen molar-refractivity contribution in [3.63, 3.8) is 0 Å². The van der Waals surface area contributed by atoms with Crippen LogP contribution in [0.5, 0.6) is 0 Å². The molecular weight excluding hydrogens is 641 g/mol. The number of aliphatic hydroxyl groups excluding tert-OH is 2. The third-order valence-electron chi connectivity index (χ3n) is 8.12. The monoisotopic (exact) mass is 712 g/mol. The van der Waals surface area contributed by atoms with Gasteiger partial charge in [-0.1, -0.05) is 155 Å². The molecule has 0 aromatic carbocycles. The van der Waals surface area contributed by atoms with Crippen LogP contribution in [-0.2, 0) is 36.9 Å². The number of unbranched alkanes of at least 4 members (excludes halogenated alkanes) is 20. The largest absolute Gasteiger partial charge is 2.00 e. The molecule has 0 aliphatic carbocycles. The summed E-state index contributed by atoms with van der Waals surface area (Å²) < 4.78 is 0. The first kappa shape index (κ1) is 47.2. The van der Waals surface area contributed by atoms with Gasteiger partial charge in [-0.05, 0) is 51.4 Å². The van der Waals surface area contributed by atoms with Gasteiger partial charge in [-0.2, -0.15) is 0 Å². The summed E-state index contributed by atoms with van der Waals surface area (Å²) in [5.74, 6) is -2.03. The molecule has 7 heteroatoms. The fourth-order valence-electron chi connectivity index (χ4n) is 5.34. The Morgan fingerprint density at radius 1 is 0.419 bits per heavy atom. The maximum Gasteiger partial charge on any atom is 2.00 e. The van der Waals surface area contributed by atoms with Crippen molar-refractivity contribution >= 4 is 11.9 Å². The van der Waals surface area contributed by atoms with E-state index in [1.807, 2.05) is 0 Å². The molecule has 0 aliphatic rings. The Labute approximate surface area is 286 Å². The fraction of sp³-hybridized carbons (Fsp3) is 0.944. The molecule has 2 N–H and O–H groups in total. The van der Waals surface area contributed by atoms with Gasteiger partial charge in [0.2, 0.25) is 0 Å². The second kappa shape index (κ2) is 39.8. The minimum absolute atomic E-state index is 0. The van der Waals surface area contributed by atoms with Gasteiger partial charge in [0.05, 0.1) is 12.2 Å². The Kier molecular flexibility index (Phi) is 43.7. The van der Waals surface area contributed by atoms with E-state index < -0.39 is 11.9 Å². The van der Waals surface area contributed by atoms with Gasteiger partial charge in [0.15, 0.2) is 0 Å². The van der Waals surface area contributed by atoms with Gasteiger partial charge in [0, 0.05) is 11.9 Å². The topological polar surface area (TPSA) is 121 Å². The smallest absolute Gasteiger partial charge is 0.550 e. The summed E-state index contributed by atoms with van der Waals surface area (Å²) in [6.07, 6.45) is 32.2. The molecule has 0 amide bonds. The molecule has 0 aromatic heterocycles. The molecule has 6 nitrogen and oxygen atoms in total. The molecule has 0 aromatic rings. The van der Waals surface area contributed by atoms with Gasteiger partial charge in [-0.25, -0.2) is 0 Å². The molecule has 0 fully saturated rings. The SMILES string of the molecule is CCCCCCCCCCCCCC(O)CCCC(=O)[O-].CCCCCCCCCCCCCC(O)CCCC(=O)[O-].[Cd+2]. The third kappa shape index (κ3) is 46.3. The summed E-state index contributed by atoms with van der Waals surface area (Å²) in [6, 6.07) is 0. The number of carboxylic acids is 2. The number of hydrogen-bond acceptors (Lipinski definition) is 6. The zero-order chi connectivity index (χ0) is 31.5. The molecule has 0 rings (SSSR count). The second-order valence-electron chi connectivity index (χ2n) is 12.5. The summed E-state index contributed by atoms with van der Waals surface area (Å²) in [7, 11) is 0. The van der Waals surface area contributed by atoms with E-state index in [-0.39, 0.29) is 52.3 Å². The average Bonchev–Trinajstić information content (AvgIpc) is 2.94. The number of carbonyl (C=O) groups is 2. The number of rotatable bonds is 32. The van der Waals surface area contributed by atoms with Crippen molar-refractivity contribution in [1.82, 2.24) is 0 Å². The molecule has 0 spiro atoms. The normalized spacial score (nSPS) is 12.2. The zero-order valence-electron chi connectivity index (χ0n) is 28.6. The van der Waals surface area contributed by atoms with E-state index in [2.05, 4.69) is 13.8 Å². The molecule has 0 aliphatic heterocycles. The average molecular weight is 711 g/mol. The van der Waals surface area contributed by atoms with Crippen molar-refractivity contribution in [3.05, 3.63) is 0 Å². The van der Waals surface area contributed by atoms with Crippen molar-refractivity contribution < 1.29 is 57.3 Å². The molecule has 0 radical (unpaired) electrons. The van der Waals surface area contributed by atoms with Crippen molar-refractivity contribution in [2.24, 2.45) is 0 Å². The van der Waals surface area contributed by atoms with Crippen LogP contribution in [0.1, 0.15) is 206 Å². The number of aliphatic hydroxyl groups is 2. The van der Waals surface area contributed by atoms with E-state index in [9.17, 15) is 30.0 Å². The van der Waals surface area contributed by atoms with E-state index >= 15 is 0 Å². The van der Waals surface area contributed by atoms with Crippen molar-refractivity contribution in [3.8, 4) is 0 Å². The summed E-state index contributed by atoms with van der Waals surface area (Å²) in [5, 5.41) is 39.9. The van der Waals surface area contributed by atoms with E-state index in [0.29, 0.717) is 25.7 Å². The number of hydrogen-bond donors (Lipinski definition) is 2. The first-order valence-electron chi connectivity index (χ1n) is 18.1. The number of aliphatic carboxylic acids is 2. The van der Waals surface area contributed by atoms with E-state index in [1.165, 1.54) is 128 Å². The summed E-state index contributed by atoms with van der Waals surface area (Å²) in [5.41, 5.74) is 0. The van der Waals surface area contributed by atoms with Gasteiger partial charge in [-0.15, -0.1) is 0 Å². The number of carboxylic acid groups (broad SMARTS) is 2. The van der Waals surface area contributed by atoms with Crippen molar-refractivity contribution in [1.29, 1.82) is 0 Å². The van der Waals surface area contributed by atoms with Gasteiger partial charge < -0.3 is 30.0 Å². The van der Waals surface area contributed by atoms with Gasteiger partial charge in [0.25, 0.3) is 0 Å². The van der Waals surface area contributed by atoms with Crippen LogP contribution in [0.15, 0.2) is 0 Å². The Morgan fingerprint density at radius 2 is 0.628 bits per heavy atom. The minimum Gasteiger partial charge on any atom is -0.550 e. The Hall–Kier alpha value is -0.218. The molecule has 0 saturated heterocycles. The van der Waals surface area contributed by atoms with Crippen LogP contribution < -0.4 is 10.2 Å². The van der Waals surface area contributed by atoms with Gasteiger partial charge >= 0.3 is 27.3 Å². The molecule has 0 bridgehead atoms. The van der Waals surface area contributed by atoms with Crippen LogP contribution in [0.25, 0.3) is 0 Å². The van der Waals surface area contributed by atoms with Crippen LogP contribution >= 0.6 is 0 Å². The van der Waals surface area contributed by atoms with Crippen LogP contribution in [-0.4, -0.2) is 34.4 Å². The van der Waals surface area contributed by atoms with Crippen LogP contribution in [0, 0.1) is 0 Å². The predicted molar refractivity (Wildman–Crippen MR) is 172 cm³/mol. The zero-order valence-corrected chi connectivity index (χ0v) is 32.6. The van der Waals surface area contributed by atoms with Gasteiger partial charge in [-0.3, -0.25) is 0 Å². The van der Waals surface area contributed by atoms with E-state index in [4.69, 9.17) is 0 Å². The minimum atomic E-state index is -1.02. The maximum absolute atomic E-state index is 10.2. The standard InChI is InChI=1S/2C18H36O3.Cd/c2*1-2-3-4-5-6-7-8-9-10-11-12-14-17(19)15-13-16-18(20)21;/h2*17,19H,2-16H2,1H3,(H,20,21);/q;;+2/p-2.